The van der Waals surface area contributed by atoms with Crippen molar-refractivity contribution in [1.82, 2.24) is 20.1 Å². The molecule has 1 saturated heterocycles. The van der Waals surface area contributed by atoms with Crippen LogP contribution in [0.1, 0.15) is 31.4 Å². The Morgan fingerprint density at radius 3 is 2.96 bits per heavy atom. The van der Waals surface area contributed by atoms with Crippen molar-refractivity contribution in [3.63, 3.8) is 0 Å². The van der Waals surface area contributed by atoms with Gasteiger partial charge < -0.3 is 15.0 Å². The molecule has 1 aromatic heterocycles. The summed E-state index contributed by atoms with van der Waals surface area (Å²) in [5, 5.41) is 3.07. The molecule has 1 amide bonds. The van der Waals surface area contributed by atoms with Crippen molar-refractivity contribution in [2.75, 3.05) is 40.3 Å². The lowest BCUT2D eigenvalue weighted by Gasteiger charge is -2.25. The molecule has 1 aromatic rings. The number of nitrogens with zero attached hydrogens (tertiary/aromatic N) is 3. The predicted molar refractivity (Wildman–Crippen MR) is 97.5 cm³/mol. The van der Waals surface area contributed by atoms with Crippen LogP contribution in [-0.2, 0) is 11.3 Å². The summed E-state index contributed by atoms with van der Waals surface area (Å²) in [4.78, 5) is 20.7. The molecule has 0 radical (unpaired) electrons. The Labute approximate surface area is 150 Å². The van der Waals surface area contributed by atoms with Gasteiger partial charge in [-0.3, -0.25) is 14.7 Å². The molecular formula is C19H30N4O2. The Morgan fingerprint density at radius 1 is 1.40 bits per heavy atom. The fourth-order valence-electron chi connectivity index (χ4n) is 3.38. The molecule has 6 heteroatoms. The molecule has 1 aliphatic heterocycles. The van der Waals surface area contributed by atoms with Crippen molar-refractivity contribution < 1.29 is 9.53 Å². The zero-order valence-corrected chi connectivity index (χ0v) is 15.4. The summed E-state index contributed by atoms with van der Waals surface area (Å²) in [5.41, 5.74) is 1.01. The van der Waals surface area contributed by atoms with Gasteiger partial charge in [0.25, 0.3) is 0 Å². The van der Waals surface area contributed by atoms with Crippen LogP contribution in [0.15, 0.2) is 18.3 Å². The van der Waals surface area contributed by atoms with E-state index in [4.69, 9.17) is 4.74 Å². The van der Waals surface area contributed by atoms with Crippen molar-refractivity contribution in [2.24, 2.45) is 5.92 Å². The molecule has 0 bridgehead atoms. The van der Waals surface area contributed by atoms with Gasteiger partial charge >= 0.3 is 0 Å². The van der Waals surface area contributed by atoms with Crippen LogP contribution in [0.2, 0.25) is 0 Å². The molecule has 0 aromatic carbocycles. The second-order valence-electron chi connectivity index (χ2n) is 7.59. The number of ether oxygens (including phenoxy) is 1. The summed E-state index contributed by atoms with van der Waals surface area (Å²) in [6, 6.07) is 3.92. The lowest BCUT2D eigenvalue weighted by molar-refractivity contribution is -0.122. The lowest BCUT2D eigenvalue weighted by atomic mass is 9.85. The van der Waals surface area contributed by atoms with Crippen molar-refractivity contribution >= 4 is 5.91 Å². The monoisotopic (exact) mass is 346 g/mol. The molecule has 138 valence electrons. The first-order valence-corrected chi connectivity index (χ1v) is 9.34. The molecule has 1 atom stereocenters. The largest absolute Gasteiger partial charge is 0.489 e. The van der Waals surface area contributed by atoms with E-state index in [-0.39, 0.29) is 12.0 Å². The third kappa shape index (κ3) is 5.68. The highest BCUT2D eigenvalue weighted by atomic mass is 16.5. The zero-order valence-electron chi connectivity index (χ0n) is 15.4. The van der Waals surface area contributed by atoms with Crippen LogP contribution < -0.4 is 10.1 Å². The van der Waals surface area contributed by atoms with Gasteiger partial charge in [0.2, 0.25) is 5.91 Å². The number of carbonyl (C=O) groups is 1. The van der Waals surface area contributed by atoms with Crippen LogP contribution in [-0.4, -0.2) is 67.1 Å². The molecule has 2 aliphatic rings. The van der Waals surface area contributed by atoms with Crippen LogP contribution in [0.3, 0.4) is 0 Å². The molecule has 0 spiro atoms. The fourth-order valence-corrected chi connectivity index (χ4v) is 3.38. The van der Waals surface area contributed by atoms with Crippen LogP contribution in [0, 0.1) is 5.92 Å². The first-order valence-electron chi connectivity index (χ1n) is 9.34. The molecular weight excluding hydrogens is 316 g/mol. The summed E-state index contributed by atoms with van der Waals surface area (Å²) < 4.78 is 6.10. The van der Waals surface area contributed by atoms with E-state index >= 15 is 0 Å². The first-order chi connectivity index (χ1) is 12.1. The Bertz CT molecular complexity index is 574. The maximum absolute atomic E-state index is 12.0. The third-order valence-electron chi connectivity index (χ3n) is 4.98. The van der Waals surface area contributed by atoms with E-state index in [9.17, 15) is 4.79 Å². The Hall–Kier alpha value is -1.66. The molecule has 2 heterocycles. The highest BCUT2D eigenvalue weighted by Crippen LogP contribution is 2.25. The van der Waals surface area contributed by atoms with E-state index in [0.29, 0.717) is 12.5 Å². The number of pyridine rings is 1. The van der Waals surface area contributed by atoms with Crippen LogP contribution in [0.5, 0.6) is 5.75 Å². The number of carbonyl (C=O) groups excluding carboxylic acids is 1. The SMILES string of the molecule is CN(C)Cc1cc(OC2CCN(CC(=O)NCC3CCC3)C2)ccn1. The number of hydrogen-bond donors (Lipinski definition) is 1. The van der Waals surface area contributed by atoms with E-state index in [1.165, 1.54) is 19.3 Å². The molecule has 25 heavy (non-hydrogen) atoms. The highest BCUT2D eigenvalue weighted by Gasteiger charge is 2.26. The number of rotatable bonds is 8. The molecule has 1 aliphatic carbocycles. The van der Waals surface area contributed by atoms with Gasteiger partial charge in [-0.2, -0.15) is 0 Å². The van der Waals surface area contributed by atoms with Crippen molar-refractivity contribution in [3.05, 3.63) is 24.0 Å². The molecule has 1 saturated carbocycles. The minimum Gasteiger partial charge on any atom is -0.489 e. The zero-order chi connectivity index (χ0) is 17.6. The topological polar surface area (TPSA) is 57.7 Å². The summed E-state index contributed by atoms with van der Waals surface area (Å²) >= 11 is 0. The minimum atomic E-state index is 0.143. The van der Waals surface area contributed by atoms with Gasteiger partial charge in [-0.05, 0) is 45.3 Å². The molecule has 1 N–H and O–H groups in total. The quantitative estimate of drug-likeness (QED) is 0.773. The van der Waals surface area contributed by atoms with E-state index < -0.39 is 0 Å². The summed E-state index contributed by atoms with van der Waals surface area (Å²) in [7, 11) is 4.06. The standard InChI is InChI=1S/C19H30N4O2/c1-22(2)12-16-10-17(6-8-20-16)25-18-7-9-23(13-18)14-19(24)21-11-15-4-3-5-15/h6,8,10,15,18H,3-5,7,9,11-14H2,1-2H3,(H,21,24). The molecule has 6 nitrogen and oxygen atoms in total. The first kappa shape index (κ1) is 18.1. The number of hydrogen-bond acceptors (Lipinski definition) is 5. The Kier molecular flexibility index (Phi) is 6.26. The maximum atomic E-state index is 12.0. The van der Waals surface area contributed by atoms with Crippen molar-refractivity contribution in [3.8, 4) is 5.75 Å². The van der Waals surface area contributed by atoms with E-state index in [1.807, 2.05) is 26.2 Å². The predicted octanol–water partition coefficient (Wildman–Crippen LogP) is 1.51. The fraction of sp³-hybridized carbons (Fsp3) is 0.684. The van der Waals surface area contributed by atoms with Gasteiger partial charge in [-0.1, -0.05) is 6.42 Å². The lowest BCUT2D eigenvalue weighted by Crippen LogP contribution is -2.39. The normalized spacial score (nSPS) is 21.3. The third-order valence-corrected chi connectivity index (χ3v) is 4.98. The number of aromatic nitrogens is 1. The van der Waals surface area contributed by atoms with Gasteiger partial charge in [0, 0.05) is 38.4 Å². The molecule has 3 rings (SSSR count). The van der Waals surface area contributed by atoms with Gasteiger partial charge in [0.05, 0.1) is 12.2 Å². The van der Waals surface area contributed by atoms with Gasteiger partial charge in [-0.15, -0.1) is 0 Å². The van der Waals surface area contributed by atoms with Gasteiger partial charge in [-0.25, -0.2) is 0 Å². The van der Waals surface area contributed by atoms with E-state index in [2.05, 4.69) is 20.1 Å². The summed E-state index contributed by atoms with van der Waals surface area (Å²) in [5.74, 6) is 1.72. The number of amides is 1. The highest BCUT2D eigenvalue weighted by molar-refractivity contribution is 5.78. The van der Waals surface area contributed by atoms with Gasteiger partial charge in [0.15, 0.2) is 0 Å². The number of likely N-dealkylation sites (tertiary alicyclic amines) is 1. The van der Waals surface area contributed by atoms with Crippen molar-refractivity contribution in [1.29, 1.82) is 0 Å². The average Bonchev–Trinajstić information content (AvgIpc) is 2.92. The van der Waals surface area contributed by atoms with Gasteiger partial charge in [0.1, 0.15) is 11.9 Å². The minimum absolute atomic E-state index is 0.143. The average molecular weight is 346 g/mol. The number of nitrogens with one attached hydrogen (secondary N) is 1. The smallest absolute Gasteiger partial charge is 0.234 e. The van der Waals surface area contributed by atoms with E-state index in [0.717, 1.165) is 44.0 Å². The van der Waals surface area contributed by atoms with Crippen LogP contribution >= 0.6 is 0 Å². The maximum Gasteiger partial charge on any atom is 0.234 e. The van der Waals surface area contributed by atoms with Crippen LogP contribution in [0.25, 0.3) is 0 Å². The molecule has 1 unspecified atom stereocenters. The van der Waals surface area contributed by atoms with Crippen molar-refractivity contribution in [2.45, 2.75) is 38.3 Å². The molecule has 2 fully saturated rings. The van der Waals surface area contributed by atoms with Crippen LogP contribution in [0.4, 0.5) is 0 Å². The second-order valence-corrected chi connectivity index (χ2v) is 7.59. The van der Waals surface area contributed by atoms with E-state index in [1.54, 1.807) is 6.20 Å². The summed E-state index contributed by atoms with van der Waals surface area (Å²) in [6.45, 7) is 3.85. The summed E-state index contributed by atoms with van der Waals surface area (Å²) in [6.07, 6.45) is 6.75. The second kappa shape index (κ2) is 8.63. The Balaban J connectivity index is 1.40. The Morgan fingerprint density at radius 2 is 2.24 bits per heavy atom.